The van der Waals surface area contributed by atoms with Gasteiger partial charge in [-0.3, -0.25) is 9.59 Å². The van der Waals surface area contributed by atoms with Crippen molar-refractivity contribution < 1.29 is 59.2 Å². The molecule has 0 saturated carbocycles. The molecule has 8 atom stereocenters. The van der Waals surface area contributed by atoms with E-state index in [9.17, 15) is 45.0 Å². The minimum atomic E-state index is -2.27. The van der Waals surface area contributed by atoms with Gasteiger partial charge in [0, 0.05) is 17.9 Å². The number of fused-ring (bicyclic) bond motifs is 3. The van der Waals surface area contributed by atoms with Gasteiger partial charge in [0.05, 0.1) is 17.1 Å². The summed E-state index contributed by atoms with van der Waals surface area (Å²) in [5.74, 6) is -5.73. The number of phenolic OH excluding ortho intramolecular Hbond substituents is 2. The number of rotatable bonds is 6. The number of ketones is 2. The van der Waals surface area contributed by atoms with Gasteiger partial charge in [-0.25, -0.2) is 0 Å². The van der Waals surface area contributed by atoms with Crippen molar-refractivity contribution in [2.45, 2.75) is 68.8 Å². The van der Waals surface area contributed by atoms with Crippen LogP contribution in [0.25, 0.3) is 10.8 Å². The van der Waals surface area contributed by atoms with Gasteiger partial charge in [0.2, 0.25) is 11.6 Å². The molecule has 2 aromatic rings. The number of hydrogen-bond acceptors (Lipinski definition) is 12. The van der Waals surface area contributed by atoms with Crippen LogP contribution in [0.1, 0.15) is 36.2 Å². The predicted octanol–water partition coefficient (Wildman–Crippen LogP) is 0.0121. The first-order chi connectivity index (χ1) is 18.9. The largest absolute Gasteiger partial charge is 0.507 e. The Bertz CT molecular complexity index is 1400. The van der Waals surface area contributed by atoms with Crippen molar-refractivity contribution in [3.05, 3.63) is 47.0 Å². The summed E-state index contributed by atoms with van der Waals surface area (Å²) < 4.78 is 17.0. The average molecular weight is 559 g/mol. The van der Waals surface area contributed by atoms with Gasteiger partial charge in [-0.1, -0.05) is 18.2 Å². The maximum atomic E-state index is 14.3. The van der Waals surface area contributed by atoms with Crippen LogP contribution in [0.15, 0.2) is 35.9 Å². The fraction of sp³-hybridized carbons (Fsp3) is 0.464. The van der Waals surface area contributed by atoms with Crippen molar-refractivity contribution in [3.8, 4) is 11.5 Å². The number of hydrogen-bond donors (Lipinski definition) is 6. The summed E-state index contributed by atoms with van der Waals surface area (Å²) in [4.78, 5) is 37.5. The molecule has 5 rings (SSSR count). The summed E-state index contributed by atoms with van der Waals surface area (Å²) in [7, 11) is 0. The summed E-state index contributed by atoms with van der Waals surface area (Å²) in [5.41, 5.74) is -2.33. The smallest absolute Gasteiger partial charge is 0.219 e. The van der Waals surface area contributed by atoms with E-state index >= 15 is 0 Å². The van der Waals surface area contributed by atoms with Gasteiger partial charge < -0.3 is 49.6 Å². The SMILES string of the molecule is CC(=O)C1=C[C@]2(OC3CC(O)C(O)(OCC=O)C(C)O3)C(=O)c3c(cc4cccc(O)c4c3O)C[C@@H]2[C@@H](O)[C@H]1O. The molecule has 12 heteroatoms. The average Bonchev–Trinajstić information content (AvgIpc) is 2.89. The number of carbonyl (C=O) groups excluding carboxylic acids is 3. The molecule has 6 N–H and O–H groups in total. The van der Waals surface area contributed by atoms with Crippen LogP contribution in [0.4, 0.5) is 0 Å². The first kappa shape index (κ1) is 28.3. The van der Waals surface area contributed by atoms with Crippen LogP contribution in [0.2, 0.25) is 0 Å². The highest BCUT2D eigenvalue weighted by atomic mass is 16.7. The van der Waals surface area contributed by atoms with Crippen LogP contribution < -0.4 is 0 Å². The molecule has 1 saturated heterocycles. The number of carbonyl (C=O) groups is 3. The lowest BCUT2D eigenvalue weighted by Gasteiger charge is -2.51. The highest BCUT2D eigenvalue weighted by molar-refractivity contribution is 6.14. The van der Waals surface area contributed by atoms with Crippen LogP contribution in [0, 0.1) is 5.92 Å². The van der Waals surface area contributed by atoms with Gasteiger partial charge in [-0.15, -0.1) is 0 Å². The molecule has 0 bridgehead atoms. The van der Waals surface area contributed by atoms with Gasteiger partial charge in [-0.05, 0) is 43.4 Å². The fourth-order valence-electron chi connectivity index (χ4n) is 6.07. The molecule has 12 nitrogen and oxygen atoms in total. The van der Waals surface area contributed by atoms with Gasteiger partial charge in [0.25, 0.3) is 0 Å². The Hall–Kier alpha value is -3.23. The molecule has 2 aliphatic carbocycles. The standard InChI is InChI=1S/C28H30O12/c1-12(30)16-11-27(40-20-10-19(32)28(37,13(2)39-20)38-7-6-29)17(24(34)23(16)33)9-15-8-14-4-3-5-18(31)21(14)25(35)22(15)26(27)36/h3-6,8,11,13,17,19-20,23-24,31-35,37H,7,9-10H2,1-2H3/t13?,17-,19?,20?,23+,24-,27-,28?/m1/s1. The van der Waals surface area contributed by atoms with Crippen molar-refractivity contribution in [1.82, 2.24) is 0 Å². The summed E-state index contributed by atoms with van der Waals surface area (Å²) >= 11 is 0. The number of phenols is 2. The Balaban J connectivity index is 1.64. The molecule has 0 radical (unpaired) electrons. The second kappa shape index (κ2) is 10.00. The van der Waals surface area contributed by atoms with E-state index in [-0.39, 0.29) is 28.7 Å². The molecule has 3 aliphatic rings. The number of Topliss-reactive ketones (excluding diaryl/α,β-unsaturated/α-hetero) is 2. The Morgan fingerprint density at radius 1 is 1.23 bits per heavy atom. The van der Waals surface area contributed by atoms with Crippen LogP contribution in [0.3, 0.4) is 0 Å². The lowest BCUT2D eigenvalue weighted by atomic mass is 9.63. The monoisotopic (exact) mass is 558 g/mol. The second-order valence-electron chi connectivity index (χ2n) is 10.5. The normalized spacial score (nSPS) is 35.5. The third-order valence-corrected chi connectivity index (χ3v) is 8.14. The minimum absolute atomic E-state index is 0.0192. The summed E-state index contributed by atoms with van der Waals surface area (Å²) in [6.45, 7) is 1.98. The van der Waals surface area contributed by atoms with Crippen molar-refractivity contribution in [2.24, 2.45) is 5.92 Å². The Morgan fingerprint density at radius 2 is 1.95 bits per heavy atom. The zero-order valence-corrected chi connectivity index (χ0v) is 21.7. The lowest BCUT2D eigenvalue weighted by molar-refractivity contribution is -0.370. The number of aromatic hydroxyl groups is 2. The third kappa shape index (κ3) is 4.15. The van der Waals surface area contributed by atoms with E-state index in [2.05, 4.69) is 0 Å². The van der Waals surface area contributed by atoms with E-state index < -0.39 is 78.4 Å². The van der Waals surface area contributed by atoms with Crippen molar-refractivity contribution in [2.75, 3.05) is 6.61 Å². The number of aliphatic hydroxyl groups excluding tert-OH is 3. The topological polar surface area (TPSA) is 200 Å². The first-order valence-corrected chi connectivity index (χ1v) is 12.8. The molecule has 214 valence electrons. The van der Waals surface area contributed by atoms with Gasteiger partial charge in [0.1, 0.15) is 42.7 Å². The molecule has 0 aromatic heterocycles. The molecule has 1 heterocycles. The molecule has 0 spiro atoms. The molecule has 1 aliphatic heterocycles. The predicted molar refractivity (Wildman–Crippen MR) is 135 cm³/mol. The Labute approximate surface area is 228 Å². The number of benzene rings is 2. The first-order valence-electron chi connectivity index (χ1n) is 12.8. The van der Waals surface area contributed by atoms with Crippen molar-refractivity contribution >= 4 is 28.6 Å². The maximum absolute atomic E-state index is 14.3. The van der Waals surface area contributed by atoms with E-state index in [1.54, 1.807) is 18.2 Å². The molecule has 2 aromatic carbocycles. The molecular formula is C28H30O12. The maximum Gasteiger partial charge on any atom is 0.219 e. The zero-order valence-electron chi connectivity index (χ0n) is 21.7. The molecule has 4 unspecified atom stereocenters. The number of aldehydes is 1. The van der Waals surface area contributed by atoms with Crippen LogP contribution >= 0.6 is 0 Å². The third-order valence-electron chi connectivity index (χ3n) is 8.14. The van der Waals surface area contributed by atoms with Crippen LogP contribution in [0.5, 0.6) is 11.5 Å². The Kier molecular flexibility index (Phi) is 7.07. The zero-order chi connectivity index (χ0) is 29.1. The van der Waals surface area contributed by atoms with Gasteiger partial charge >= 0.3 is 0 Å². The lowest BCUT2D eigenvalue weighted by Crippen LogP contribution is -2.65. The summed E-state index contributed by atoms with van der Waals surface area (Å²) in [6, 6.07) is 6.13. The fourth-order valence-corrected chi connectivity index (χ4v) is 6.07. The highest BCUT2D eigenvalue weighted by Gasteiger charge is 2.60. The summed E-state index contributed by atoms with van der Waals surface area (Å²) in [5, 5.41) is 65.5. The molecule has 0 amide bonds. The molecule has 40 heavy (non-hydrogen) atoms. The van der Waals surface area contributed by atoms with Gasteiger partial charge in [0.15, 0.2) is 17.7 Å². The van der Waals surface area contributed by atoms with E-state index in [0.29, 0.717) is 17.2 Å². The van der Waals surface area contributed by atoms with E-state index in [0.717, 1.165) is 13.0 Å². The van der Waals surface area contributed by atoms with E-state index in [1.165, 1.54) is 13.0 Å². The van der Waals surface area contributed by atoms with Gasteiger partial charge in [-0.2, -0.15) is 0 Å². The highest BCUT2D eigenvalue weighted by Crippen LogP contribution is 2.50. The quantitative estimate of drug-likeness (QED) is 0.205. The van der Waals surface area contributed by atoms with E-state index in [1.807, 2.05) is 0 Å². The second-order valence-corrected chi connectivity index (χ2v) is 10.5. The van der Waals surface area contributed by atoms with Crippen LogP contribution in [-0.4, -0.2) is 97.2 Å². The van der Waals surface area contributed by atoms with Crippen molar-refractivity contribution in [3.63, 3.8) is 0 Å². The minimum Gasteiger partial charge on any atom is -0.507 e. The Morgan fingerprint density at radius 3 is 2.60 bits per heavy atom. The number of aliphatic hydroxyl groups is 4. The number of ether oxygens (including phenoxy) is 3. The van der Waals surface area contributed by atoms with E-state index in [4.69, 9.17) is 14.2 Å². The van der Waals surface area contributed by atoms with Crippen LogP contribution in [-0.2, 0) is 30.2 Å². The summed E-state index contributed by atoms with van der Waals surface area (Å²) in [6.07, 6.45) is -6.61. The van der Waals surface area contributed by atoms with Crippen molar-refractivity contribution in [1.29, 1.82) is 0 Å². The molecular weight excluding hydrogens is 528 g/mol. The molecule has 1 fully saturated rings.